The summed E-state index contributed by atoms with van der Waals surface area (Å²) < 4.78 is 11.7. The van der Waals surface area contributed by atoms with Crippen molar-refractivity contribution in [3.63, 3.8) is 0 Å². The highest BCUT2D eigenvalue weighted by molar-refractivity contribution is 5.78. The first-order chi connectivity index (χ1) is 15.6. The molecule has 1 amide bonds. The van der Waals surface area contributed by atoms with Crippen LogP contribution in [0.2, 0.25) is 0 Å². The van der Waals surface area contributed by atoms with Crippen LogP contribution in [0.1, 0.15) is 57.4 Å². The zero-order valence-corrected chi connectivity index (χ0v) is 19.2. The second-order valence-corrected chi connectivity index (χ2v) is 8.99. The van der Waals surface area contributed by atoms with Crippen molar-refractivity contribution in [1.29, 1.82) is 0 Å². The van der Waals surface area contributed by atoms with E-state index in [2.05, 4.69) is 41.1 Å². The average molecular weight is 439 g/mol. The molecule has 4 rings (SSSR count). The van der Waals surface area contributed by atoms with Gasteiger partial charge in [0.1, 0.15) is 11.9 Å². The van der Waals surface area contributed by atoms with Crippen molar-refractivity contribution in [2.45, 2.75) is 58.0 Å². The Balaban J connectivity index is 1.21. The largest absolute Gasteiger partial charge is 0.484 e. The van der Waals surface area contributed by atoms with Gasteiger partial charge in [-0.25, -0.2) is 0 Å². The smallest absolute Gasteiger partial charge is 0.260 e. The molecule has 0 N–H and O–H groups in total. The van der Waals surface area contributed by atoms with E-state index in [-0.39, 0.29) is 18.6 Å². The molecule has 0 spiro atoms. The summed E-state index contributed by atoms with van der Waals surface area (Å²) in [7, 11) is 0. The van der Waals surface area contributed by atoms with E-state index in [4.69, 9.17) is 9.47 Å². The monoisotopic (exact) mass is 438 g/mol. The van der Waals surface area contributed by atoms with E-state index in [1.165, 1.54) is 24.8 Å². The number of ether oxygens (including phenoxy) is 2. The first-order valence-corrected chi connectivity index (χ1v) is 11.8. The Labute approximate surface area is 190 Å². The maximum Gasteiger partial charge on any atom is 0.260 e. The predicted octanol–water partition coefficient (Wildman–Crippen LogP) is 4.04. The molecule has 1 aromatic heterocycles. The highest BCUT2D eigenvalue weighted by Crippen LogP contribution is 2.23. The van der Waals surface area contributed by atoms with Crippen molar-refractivity contribution < 1.29 is 14.3 Å². The summed E-state index contributed by atoms with van der Waals surface area (Å²) >= 11 is 0. The molecule has 1 saturated heterocycles. The van der Waals surface area contributed by atoms with Crippen LogP contribution in [0, 0.1) is 0 Å². The lowest BCUT2D eigenvalue weighted by molar-refractivity contribution is -0.133. The standard InChI is InChI=1S/C25H34N4O3/c1-19(2)20-8-10-21(11-9-20)31-18-25(30)29-16-14-28(15-17-29)23-12-13-24(27-26-23)32-22-6-4-3-5-7-22/h8-13,19,22H,3-7,14-18H2,1-2H3. The third kappa shape index (κ3) is 5.90. The maximum absolute atomic E-state index is 12.6. The zero-order chi connectivity index (χ0) is 22.3. The van der Waals surface area contributed by atoms with Gasteiger partial charge in [-0.05, 0) is 55.4 Å². The van der Waals surface area contributed by atoms with Crippen molar-refractivity contribution >= 4 is 11.7 Å². The number of rotatable bonds is 7. The van der Waals surface area contributed by atoms with E-state index < -0.39 is 0 Å². The molecule has 0 atom stereocenters. The molecule has 1 aromatic carbocycles. The minimum absolute atomic E-state index is 0.0138. The fourth-order valence-corrected chi connectivity index (χ4v) is 4.27. The quantitative estimate of drug-likeness (QED) is 0.650. The van der Waals surface area contributed by atoms with Gasteiger partial charge in [0, 0.05) is 32.2 Å². The Morgan fingerprint density at radius 1 is 0.969 bits per heavy atom. The van der Waals surface area contributed by atoms with E-state index in [0.29, 0.717) is 24.9 Å². The number of hydrogen-bond acceptors (Lipinski definition) is 6. The first-order valence-electron chi connectivity index (χ1n) is 11.8. The average Bonchev–Trinajstić information content (AvgIpc) is 2.84. The lowest BCUT2D eigenvalue weighted by Crippen LogP contribution is -2.50. The molecule has 7 nitrogen and oxygen atoms in total. The lowest BCUT2D eigenvalue weighted by atomic mass is 9.98. The molecular weight excluding hydrogens is 404 g/mol. The van der Waals surface area contributed by atoms with Crippen molar-refractivity contribution in [2.24, 2.45) is 0 Å². The van der Waals surface area contributed by atoms with Crippen molar-refractivity contribution in [1.82, 2.24) is 15.1 Å². The van der Waals surface area contributed by atoms with Crippen molar-refractivity contribution in [2.75, 3.05) is 37.7 Å². The van der Waals surface area contributed by atoms with Gasteiger partial charge in [-0.3, -0.25) is 4.79 Å². The number of nitrogens with zero attached hydrogens (tertiary/aromatic N) is 4. The summed E-state index contributed by atoms with van der Waals surface area (Å²) in [6.45, 7) is 7.13. The first kappa shape index (κ1) is 22.4. The number of carbonyl (C=O) groups excluding carboxylic acids is 1. The molecule has 7 heteroatoms. The van der Waals surface area contributed by atoms with Crippen LogP contribution in [-0.4, -0.2) is 59.9 Å². The summed E-state index contributed by atoms with van der Waals surface area (Å²) in [5.41, 5.74) is 1.26. The number of aromatic nitrogens is 2. The number of benzene rings is 1. The molecule has 0 bridgehead atoms. The van der Waals surface area contributed by atoms with E-state index >= 15 is 0 Å². The zero-order valence-electron chi connectivity index (χ0n) is 19.2. The SMILES string of the molecule is CC(C)c1ccc(OCC(=O)N2CCN(c3ccc(OC4CCCCC4)nn3)CC2)cc1. The van der Waals surface area contributed by atoms with Gasteiger partial charge in [0.15, 0.2) is 12.4 Å². The van der Waals surface area contributed by atoms with E-state index in [1.54, 1.807) is 0 Å². The van der Waals surface area contributed by atoms with Gasteiger partial charge in [0.05, 0.1) is 0 Å². The van der Waals surface area contributed by atoms with Gasteiger partial charge in [0.2, 0.25) is 5.88 Å². The molecule has 1 saturated carbocycles. The Morgan fingerprint density at radius 2 is 1.69 bits per heavy atom. The number of piperazine rings is 1. The van der Waals surface area contributed by atoms with Crippen LogP contribution in [0.3, 0.4) is 0 Å². The molecule has 2 aliphatic rings. The highest BCUT2D eigenvalue weighted by Gasteiger charge is 2.23. The normalized spacial score (nSPS) is 17.5. The maximum atomic E-state index is 12.6. The molecule has 0 radical (unpaired) electrons. The third-order valence-corrected chi connectivity index (χ3v) is 6.33. The van der Waals surface area contributed by atoms with Crippen LogP contribution in [0.15, 0.2) is 36.4 Å². The topological polar surface area (TPSA) is 67.8 Å². The van der Waals surface area contributed by atoms with E-state index in [0.717, 1.165) is 37.5 Å². The summed E-state index contributed by atoms with van der Waals surface area (Å²) in [5.74, 6) is 2.65. The molecular formula is C25H34N4O3. The molecule has 2 heterocycles. The summed E-state index contributed by atoms with van der Waals surface area (Å²) in [6.07, 6.45) is 6.24. The van der Waals surface area contributed by atoms with Crippen LogP contribution in [0.25, 0.3) is 0 Å². The predicted molar refractivity (Wildman–Crippen MR) is 124 cm³/mol. The molecule has 1 aliphatic heterocycles. The van der Waals surface area contributed by atoms with Gasteiger partial charge < -0.3 is 19.3 Å². The van der Waals surface area contributed by atoms with Crippen molar-refractivity contribution in [3.8, 4) is 11.6 Å². The van der Waals surface area contributed by atoms with Crippen LogP contribution in [0.5, 0.6) is 11.6 Å². The summed E-state index contributed by atoms with van der Waals surface area (Å²) in [6, 6.07) is 11.8. The van der Waals surface area contributed by atoms with Crippen LogP contribution in [-0.2, 0) is 4.79 Å². The molecule has 2 aromatic rings. The molecule has 1 aliphatic carbocycles. The molecule has 172 valence electrons. The molecule has 32 heavy (non-hydrogen) atoms. The Kier molecular flexibility index (Phi) is 7.45. The second-order valence-electron chi connectivity index (χ2n) is 8.99. The highest BCUT2D eigenvalue weighted by atomic mass is 16.5. The van der Waals surface area contributed by atoms with Gasteiger partial charge in [-0.15, -0.1) is 10.2 Å². The fourth-order valence-electron chi connectivity index (χ4n) is 4.27. The van der Waals surface area contributed by atoms with Gasteiger partial charge in [-0.2, -0.15) is 0 Å². The lowest BCUT2D eigenvalue weighted by Gasteiger charge is -2.35. The number of anilines is 1. The fraction of sp³-hybridized carbons (Fsp3) is 0.560. The van der Waals surface area contributed by atoms with Crippen LogP contribution in [0.4, 0.5) is 5.82 Å². The molecule has 0 unspecified atom stereocenters. The third-order valence-electron chi connectivity index (χ3n) is 6.33. The minimum atomic E-state index is 0.0138. The number of hydrogen-bond donors (Lipinski definition) is 0. The van der Waals surface area contributed by atoms with Crippen LogP contribution >= 0.6 is 0 Å². The summed E-state index contributed by atoms with van der Waals surface area (Å²) in [4.78, 5) is 16.6. The number of carbonyl (C=O) groups is 1. The Morgan fingerprint density at radius 3 is 2.31 bits per heavy atom. The Hall–Kier alpha value is -2.83. The minimum Gasteiger partial charge on any atom is -0.484 e. The van der Waals surface area contributed by atoms with Crippen LogP contribution < -0.4 is 14.4 Å². The van der Waals surface area contributed by atoms with Gasteiger partial charge in [-0.1, -0.05) is 32.4 Å². The Bertz CT molecular complexity index is 856. The second kappa shape index (κ2) is 10.7. The van der Waals surface area contributed by atoms with E-state index in [9.17, 15) is 4.79 Å². The van der Waals surface area contributed by atoms with Gasteiger partial charge in [0.25, 0.3) is 5.91 Å². The van der Waals surface area contributed by atoms with E-state index in [1.807, 2.05) is 29.2 Å². The number of amides is 1. The summed E-state index contributed by atoms with van der Waals surface area (Å²) in [5, 5.41) is 8.62. The molecule has 2 fully saturated rings. The van der Waals surface area contributed by atoms with Gasteiger partial charge >= 0.3 is 0 Å². The van der Waals surface area contributed by atoms with Crippen molar-refractivity contribution in [3.05, 3.63) is 42.0 Å².